The van der Waals surface area contributed by atoms with Crippen molar-refractivity contribution in [2.45, 2.75) is 46.0 Å². The monoisotopic (exact) mass is 308 g/mol. The number of piperidine rings is 1. The lowest BCUT2D eigenvalue weighted by molar-refractivity contribution is 0.273. The fraction of sp³-hybridized carbons (Fsp3) is 0.750. The summed E-state index contributed by atoms with van der Waals surface area (Å²) >= 11 is 1.78. The normalized spacial score (nSPS) is 17.3. The Morgan fingerprint density at radius 1 is 1.43 bits per heavy atom. The maximum Gasteiger partial charge on any atom is 0.193 e. The molecule has 1 aliphatic heterocycles. The van der Waals surface area contributed by atoms with E-state index in [0.717, 1.165) is 43.6 Å². The first kappa shape index (κ1) is 16.3. The van der Waals surface area contributed by atoms with E-state index >= 15 is 0 Å². The first-order chi connectivity index (χ1) is 10.2. The number of aliphatic imine (C=N–C) groups is 1. The van der Waals surface area contributed by atoms with E-state index in [1.54, 1.807) is 11.3 Å². The van der Waals surface area contributed by atoms with Crippen molar-refractivity contribution in [2.75, 3.05) is 26.7 Å². The standard InChI is InChI=1S/C16H28N4S/c1-13-7-10-20(11-8-13)16(17-3)18-9-5-4-6-15-19-14(2)12-21-15/h12-13H,4-11H2,1-3H3,(H,17,18). The molecule has 21 heavy (non-hydrogen) atoms. The highest BCUT2D eigenvalue weighted by atomic mass is 32.1. The number of likely N-dealkylation sites (tertiary alicyclic amines) is 1. The third-order valence-corrected chi connectivity index (χ3v) is 5.09. The number of aryl methyl sites for hydroxylation is 2. The van der Waals surface area contributed by atoms with Gasteiger partial charge in [0.25, 0.3) is 0 Å². The van der Waals surface area contributed by atoms with E-state index in [9.17, 15) is 0 Å². The Kier molecular flexibility index (Phi) is 6.49. The molecule has 0 aromatic carbocycles. The van der Waals surface area contributed by atoms with Crippen LogP contribution in [0, 0.1) is 12.8 Å². The predicted octanol–water partition coefficient (Wildman–Crippen LogP) is 3.08. The van der Waals surface area contributed by atoms with E-state index in [1.807, 2.05) is 7.05 Å². The van der Waals surface area contributed by atoms with E-state index < -0.39 is 0 Å². The summed E-state index contributed by atoms with van der Waals surface area (Å²) < 4.78 is 0. The molecule has 1 aliphatic rings. The average Bonchev–Trinajstić information content (AvgIpc) is 2.90. The minimum absolute atomic E-state index is 0.862. The van der Waals surface area contributed by atoms with E-state index in [-0.39, 0.29) is 0 Å². The number of nitrogens with one attached hydrogen (secondary N) is 1. The smallest absolute Gasteiger partial charge is 0.193 e. The van der Waals surface area contributed by atoms with Crippen molar-refractivity contribution in [3.63, 3.8) is 0 Å². The number of nitrogens with zero attached hydrogens (tertiary/aromatic N) is 3. The first-order valence-corrected chi connectivity index (χ1v) is 8.93. The average molecular weight is 308 g/mol. The molecule has 2 rings (SSSR count). The Bertz CT molecular complexity index is 447. The van der Waals surface area contributed by atoms with Gasteiger partial charge in [0.15, 0.2) is 5.96 Å². The first-order valence-electron chi connectivity index (χ1n) is 8.05. The summed E-state index contributed by atoms with van der Waals surface area (Å²) in [6.45, 7) is 7.68. The van der Waals surface area contributed by atoms with Gasteiger partial charge < -0.3 is 10.2 Å². The SMILES string of the molecule is CN=C(NCCCCc1nc(C)cs1)N1CCC(C)CC1. The molecule has 0 saturated carbocycles. The molecule has 5 heteroatoms. The number of rotatable bonds is 5. The number of aromatic nitrogens is 1. The van der Waals surface area contributed by atoms with Gasteiger partial charge in [0.05, 0.1) is 5.01 Å². The van der Waals surface area contributed by atoms with Crippen LogP contribution in [0.4, 0.5) is 0 Å². The lowest BCUT2D eigenvalue weighted by atomic mass is 10.00. The zero-order valence-corrected chi connectivity index (χ0v) is 14.4. The molecule has 1 aromatic heterocycles. The summed E-state index contributed by atoms with van der Waals surface area (Å²) in [7, 11) is 1.89. The van der Waals surface area contributed by atoms with Crippen molar-refractivity contribution in [3.8, 4) is 0 Å². The number of thiazole rings is 1. The molecule has 0 amide bonds. The van der Waals surface area contributed by atoms with E-state index in [4.69, 9.17) is 0 Å². The largest absolute Gasteiger partial charge is 0.356 e. The summed E-state index contributed by atoms with van der Waals surface area (Å²) in [5, 5.41) is 6.90. The van der Waals surface area contributed by atoms with Crippen molar-refractivity contribution in [1.82, 2.24) is 15.2 Å². The Morgan fingerprint density at radius 3 is 2.81 bits per heavy atom. The van der Waals surface area contributed by atoms with Crippen LogP contribution in [0.3, 0.4) is 0 Å². The topological polar surface area (TPSA) is 40.5 Å². The minimum Gasteiger partial charge on any atom is -0.356 e. The minimum atomic E-state index is 0.862. The quantitative estimate of drug-likeness (QED) is 0.516. The van der Waals surface area contributed by atoms with E-state index in [0.29, 0.717) is 0 Å². The molecule has 1 fully saturated rings. The van der Waals surface area contributed by atoms with Crippen molar-refractivity contribution in [2.24, 2.45) is 10.9 Å². The second kappa shape index (κ2) is 8.37. The molecule has 2 heterocycles. The zero-order chi connectivity index (χ0) is 15.1. The Morgan fingerprint density at radius 2 is 2.19 bits per heavy atom. The van der Waals surface area contributed by atoms with Crippen molar-refractivity contribution >= 4 is 17.3 Å². The zero-order valence-electron chi connectivity index (χ0n) is 13.6. The molecule has 4 nitrogen and oxygen atoms in total. The van der Waals surface area contributed by atoms with E-state index in [2.05, 4.69) is 39.4 Å². The van der Waals surface area contributed by atoms with Crippen LogP contribution in [-0.4, -0.2) is 42.5 Å². The fourth-order valence-electron chi connectivity index (χ4n) is 2.67. The van der Waals surface area contributed by atoms with Gasteiger partial charge in [0.1, 0.15) is 0 Å². The van der Waals surface area contributed by atoms with Crippen LogP contribution < -0.4 is 5.32 Å². The van der Waals surface area contributed by atoms with Gasteiger partial charge in [-0.2, -0.15) is 0 Å². The molecular formula is C16H28N4S. The number of guanidine groups is 1. The summed E-state index contributed by atoms with van der Waals surface area (Å²) in [4.78, 5) is 11.3. The van der Waals surface area contributed by atoms with Gasteiger partial charge in [-0.1, -0.05) is 6.92 Å². The van der Waals surface area contributed by atoms with Gasteiger partial charge in [0.2, 0.25) is 0 Å². The van der Waals surface area contributed by atoms with Gasteiger partial charge in [-0.25, -0.2) is 4.98 Å². The molecule has 0 bridgehead atoms. The second-order valence-corrected chi connectivity index (χ2v) is 6.93. The van der Waals surface area contributed by atoms with Crippen LogP contribution in [-0.2, 0) is 6.42 Å². The van der Waals surface area contributed by atoms with Crippen LogP contribution in [0.2, 0.25) is 0 Å². The third kappa shape index (κ3) is 5.30. The highest BCUT2D eigenvalue weighted by molar-refractivity contribution is 7.09. The molecule has 0 aliphatic carbocycles. The maximum atomic E-state index is 4.51. The molecule has 0 radical (unpaired) electrons. The Labute approximate surface area is 132 Å². The van der Waals surface area contributed by atoms with Crippen LogP contribution in [0.25, 0.3) is 0 Å². The molecule has 118 valence electrons. The molecular weight excluding hydrogens is 280 g/mol. The van der Waals surface area contributed by atoms with Crippen LogP contribution >= 0.6 is 11.3 Å². The van der Waals surface area contributed by atoms with Gasteiger partial charge >= 0.3 is 0 Å². The van der Waals surface area contributed by atoms with E-state index in [1.165, 1.54) is 30.7 Å². The highest BCUT2D eigenvalue weighted by Gasteiger charge is 2.18. The summed E-state index contributed by atoms with van der Waals surface area (Å²) in [5.74, 6) is 1.94. The third-order valence-electron chi connectivity index (χ3n) is 4.06. The van der Waals surface area contributed by atoms with Crippen molar-refractivity contribution in [1.29, 1.82) is 0 Å². The number of hydrogen-bond acceptors (Lipinski definition) is 3. The van der Waals surface area contributed by atoms with Crippen LogP contribution in [0.15, 0.2) is 10.4 Å². The Hall–Kier alpha value is -1.10. The van der Waals surface area contributed by atoms with Crippen molar-refractivity contribution < 1.29 is 0 Å². The number of hydrogen-bond donors (Lipinski definition) is 1. The lowest BCUT2D eigenvalue weighted by Crippen LogP contribution is -2.45. The van der Waals surface area contributed by atoms with Gasteiger partial charge in [-0.15, -0.1) is 11.3 Å². The second-order valence-electron chi connectivity index (χ2n) is 5.98. The summed E-state index contributed by atoms with van der Waals surface area (Å²) in [6.07, 6.45) is 6.02. The van der Waals surface area contributed by atoms with Gasteiger partial charge in [0, 0.05) is 37.8 Å². The molecule has 1 N–H and O–H groups in total. The predicted molar refractivity (Wildman–Crippen MR) is 91.1 cm³/mol. The lowest BCUT2D eigenvalue weighted by Gasteiger charge is -2.32. The fourth-order valence-corrected chi connectivity index (χ4v) is 3.49. The molecule has 0 atom stereocenters. The van der Waals surface area contributed by atoms with Gasteiger partial charge in [-0.3, -0.25) is 4.99 Å². The molecule has 1 aromatic rings. The van der Waals surface area contributed by atoms with Crippen molar-refractivity contribution in [3.05, 3.63) is 16.1 Å². The van der Waals surface area contributed by atoms with Crippen LogP contribution in [0.1, 0.15) is 43.3 Å². The number of unbranched alkanes of at least 4 members (excludes halogenated alkanes) is 1. The van der Waals surface area contributed by atoms with Crippen LogP contribution in [0.5, 0.6) is 0 Å². The highest BCUT2D eigenvalue weighted by Crippen LogP contribution is 2.16. The molecule has 1 saturated heterocycles. The molecule has 0 unspecified atom stereocenters. The maximum absolute atomic E-state index is 4.51. The Balaban J connectivity index is 1.62. The molecule has 0 spiro atoms. The summed E-state index contributed by atoms with van der Waals surface area (Å²) in [6, 6.07) is 0. The summed E-state index contributed by atoms with van der Waals surface area (Å²) in [5.41, 5.74) is 1.15. The van der Waals surface area contributed by atoms with Gasteiger partial charge in [-0.05, 0) is 44.9 Å².